The first-order valence-corrected chi connectivity index (χ1v) is 6.43. The molecule has 5 nitrogen and oxygen atoms in total. The fourth-order valence-corrected chi connectivity index (χ4v) is 1.72. The summed E-state index contributed by atoms with van der Waals surface area (Å²) in [5, 5.41) is 8.84. The number of hydrogen-bond acceptors (Lipinski definition) is 4. The van der Waals surface area contributed by atoms with Gasteiger partial charge in [0.1, 0.15) is 5.75 Å². The molecular weight excluding hydrogens is 256 g/mol. The average Bonchev–Trinajstić information content (AvgIpc) is 2.47. The lowest BCUT2D eigenvalue weighted by atomic mass is 9.99. The molecule has 0 aliphatic heterocycles. The number of aromatic carboxylic acids is 1. The van der Waals surface area contributed by atoms with Gasteiger partial charge < -0.3 is 9.84 Å². The Morgan fingerprint density at radius 2 is 2.00 bits per heavy atom. The van der Waals surface area contributed by atoms with Crippen LogP contribution < -0.4 is 4.74 Å². The van der Waals surface area contributed by atoms with E-state index in [9.17, 15) is 4.79 Å². The smallest absolute Gasteiger partial charge is 0.356 e. The lowest BCUT2D eigenvalue weighted by Gasteiger charge is -2.10. The minimum Gasteiger partial charge on any atom is -0.476 e. The summed E-state index contributed by atoms with van der Waals surface area (Å²) in [7, 11) is 0. The molecule has 2 rings (SSSR count). The van der Waals surface area contributed by atoms with E-state index >= 15 is 0 Å². The monoisotopic (exact) mass is 272 g/mol. The van der Waals surface area contributed by atoms with Gasteiger partial charge in [-0.2, -0.15) is 0 Å². The molecular formula is C15H16N2O3. The molecule has 0 saturated carbocycles. The number of nitrogens with zero attached hydrogens (tertiary/aromatic N) is 2. The molecule has 1 aromatic carbocycles. The second kappa shape index (κ2) is 6.14. The number of carboxylic acids is 1. The van der Waals surface area contributed by atoms with Gasteiger partial charge in [0, 0.05) is 0 Å². The van der Waals surface area contributed by atoms with Crippen LogP contribution in [-0.4, -0.2) is 21.0 Å². The van der Waals surface area contributed by atoms with Gasteiger partial charge in [0.2, 0.25) is 5.88 Å². The van der Waals surface area contributed by atoms with Gasteiger partial charge in [0.05, 0.1) is 12.4 Å². The first-order valence-electron chi connectivity index (χ1n) is 6.43. The summed E-state index contributed by atoms with van der Waals surface area (Å²) in [6, 6.07) is 7.68. The minimum atomic E-state index is -1.13. The van der Waals surface area contributed by atoms with Gasteiger partial charge in [-0.1, -0.05) is 26.0 Å². The zero-order valence-electron chi connectivity index (χ0n) is 11.4. The average molecular weight is 272 g/mol. The predicted octanol–water partition coefficient (Wildman–Crippen LogP) is 3.48. The summed E-state index contributed by atoms with van der Waals surface area (Å²) in [6.45, 7) is 4.31. The molecule has 0 spiro atoms. The van der Waals surface area contributed by atoms with Crippen molar-refractivity contribution in [2.24, 2.45) is 0 Å². The number of benzene rings is 1. The molecule has 0 amide bonds. The Hall–Kier alpha value is -2.43. The molecule has 1 atom stereocenters. The summed E-state index contributed by atoms with van der Waals surface area (Å²) in [4.78, 5) is 18.4. The van der Waals surface area contributed by atoms with Gasteiger partial charge in [0.15, 0.2) is 5.69 Å². The second-order valence-corrected chi connectivity index (χ2v) is 4.53. The molecule has 0 aliphatic rings. The molecule has 0 fully saturated rings. The van der Waals surface area contributed by atoms with Crippen molar-refractivity contribution >= 4 is 5.97 Å². The Morgan fingerprint density at radius 3 is 2.60 bits per heavy atom. The van der Waals surface area contributed by atoms with E-state index < -0.39 is 5.97 Å². The van der Waals surface area contributed by atoms with Crippen molar-refractivity contribution in [1.29, 1.82) is 0 Å². The van der Waals surface area contributed by atoms with Crippen LogP contribution in [-0.2, 0) is 0 Å². The third kappa shape index (κ3) is 3.32. The van der Waals surface area contributed by atoms with Crippen molar-refractivity contribution in [2.45, 2.75) is 26.2 Å². The lowest BCUT2D eigenvalue weighted by molar-refractivity contribution is 0.0689. The summed E-state index contributed by atoms with van der Waals surface area (Å²) in [5.41, 5.74) is 1.10. The van der Waals surface area contributed by atoms with Gasteiger partial charge in [-0.25, -0.2) is 9.78 Å². The van der Waals surface area contributed by atoms with Crippen LogP contribution in [0.25, 0.3) is 0 Å². The van der Waals surface area contributed by atoms with Crippen LogP contribution in [0.1, 0.15) is 42.2 Å². The highest BCUT2D eigenvalue weighted by Crippen LogP contribution is 2.24. The fourth-order valence-electron chi connectivity index (χ4n) is 1.72. The number of aromatic nitrogens is 2. The van der Waals surface area contributed by atoms with Gasteiger partial charge in [-0.15, -0.1) is 0 Å². The van der Waals surface area contributed by atoms with Crippen molar-refractivity contribution in [1.82, 2.24) is 9.97 Å². The Balaban J connectivity index is 2.14. The highest BCUT2D eigenvalue weighted by molar-refractivity contribution is 5.84. The molecule has 20 heavy (non-hydrogen) atoms. The first-order chi connectivity index (χ1) is 9.60. The quantitative estimate of drug-likeness (QED) is 0.902. The maximum atomic E-state index is 10.8. The molecule has 1 aromatic heterocycles. The highest BCUT2D eigenvalue weighted by Gasteiger charge is 2.08. The molecule has 0 saturated heterocycles. The first kappa shape index (κ1) is 14.0. The highest BCUT2D eigenvalue weighted by atomic mass is 16.5. The van der Waals surface area contributed by atoms with Crippen LogP contribution in [0.15, 0.2) is 36.7 Å². The number of carboxylic acid groups (broad SMARTS) is 1. The van der Waals surface area contributed by atoms with E-state index in [1.165, 1.54) is 18.0 Å². The second-order valence-electron chi connectivity index (χ2n) is 4.53. The van der Waals surface area contributed by atoms with E-state index in [1.54, 1.807) is 0 Å². The van der Waals surface area contributed by atoms with Gasteiger partial charge in [-0.05, 0) is 30.0 Å². The summed E-state index contributed by atoms with van der Waals surface area (Å²) in [5.74, 6) is 0.143. The van der Waals surface area contributed by atoms with Crippen LogP contribution in [0.5, 0.6) is 11.6 Å². The standard InChI is InChI=1S/C15H16N2O3/c1-3-10(2)11-4-6-12(7-5-11)20-14-9-16-8-13(17-14)15(18)19/h4-10H,3H2,1-2H3,(H,18,19). The Bertz CT molecular complexity index is 596. The third-order valence-electron chi connectivity index (χ3n) is 3.12. The molecule has 1 unspecified atom stereocenters. The summed E-state index contributed by atoms with van der Waals surface area (Å²) in [6.07, 6.45) is 3.64. The van der Waals surface area contributed by atoms with Crippen molar-refractivity contribution < 1.29 is 14.6 Å². The maximum absolute atomic E-state index is 10.8. The van der Waals surface area contributed by atoms with Crippen LogP contribution in [0.4, 0.5) is 0 Å². The predicted molar refractivity (Wildman–Crippen MR) is 74.2 cm³/mol. The van der Waals surface area contributed by atoms with E-state index in [-0.39, 0.29) is 11.6 Å². The minimum absolute atomic E-state index is 0.140. The Kier molecular flexibility index (Phi) is 4.30. The van der Waals surface area contributed by atoms with Crippen molar-refractivity contribution in [3.63, 3.8) is 0 Å². The molecule has 0 aliphatic carbocycles. The van der Waals surface area contributed by atoms with Gasteiger partial charge in [0.25, 0.3) is 0 Å². The fraction of sp³-hybridized carbons (Fsp3) is 0.267. The topological polar surface area (TPSA) is 72.3 Å². The molecule has 0 bridgehead atoms. The maximum Gasteiger partial charge on any atom is 0.356 e. The Labute approximate surface area is 117 Å². The summed E-state index contributed by atoms with van der Waals surface area (Å²) >= 11 is 0. The van der Waals surface area contributed by atoms with E-state index in [4.69, 9.17) is 9.84 Å². The zero-order chi connectivity index (χ0) is 14.5. The zero-order valence-corrected chi connectivity index (χ0v) is 11.4. The molecule has 5 heteroatoms. The van der Waals surface area contributed by atoms with E-state index in [0.717, 1.165) is 6.42 Å². The lowest BCUT2D eigenvalue weighted by Crippen LogP contribution is -2.02. The molecule has 2 aromatic rings. The van der Waals surface area contributed by atoms with Gasteiger partial charge >= 0.3 is 5.97 Å². The number of rotatable bonds is 5. The van der Waals surface area contributed by atoms with Crippen LogP contribution >= 0.6 is 0 Å². The summed E-state index contributed by atoms with van der Waals surface area (Å²) < 4.78 is 5.50. The van der Waals surface area contributed by atoms with Crippen LogP contribution in [0.3, 0.4) is 0 Å². The van der Waals surface area contributed by atoms with E-state index in [1.807, 2.05) is 24.3 Å². The van der Waals surface area contributed by atoms with Crippen molar-refractivity contribution in [2.75, 3.05) is 0 Å². The van der Waals surface area contributed by atoms with Crippen LogP contribution in [0, 0.1) is 0 Å². The Morgan fingerprint density at radius 1 is 1.30 bits per heavy atom. The molecule has 1 N–H and O–H groups in total. The molecule has 0 radical (unpaired) electrons. The van der Waals surface area contributed by atoms with Crippen molar-refractivity contribution in [3.05, 3.63) is 47.9 Å². The third-order valence-corrected chi connectivity index (χ3v) is 3.12. The van der Waals surface area contributed by atoms with Crippen molar-refractivity contribution in [3.8, 4) is 11.6 Å². The van der Waals surface area contributed by atoms with Crippen LogP contribution in [0.2, 0.25) is 0 Å². The number of ether oxygens (including phenoxy) is 1. The van der Waals surface area contributed by atoms with E-state index in [0.29, 0.717) is 11.7 Å². The normalized spacial score (nSPS) is 11.9. The molecule has 104 valence electrons. The largest absolute Gasteiger partial charge is 0.476 e. The number of hydrogen-bond donors (Lipinski definition) is 1. The SMILES string of the molecule is CCC(C)c1ccc(Oc2cncc(C(=O)O)n2)cc1. The van der Waals surface area contributed by atoms with Gasteiger partial charge in [-0.3, -0.25) is 4.98 Å². The molecule has 1 heterocycles. The van der Waals surface area contributed by atoms with E-state index in [2.05, 4.69) is 23.8 Å². The number of carbonyl (C=O) groups is 1.